The number of hydrogen-bond acceptors (Lipinski definition) is 3. The van der Waals surface area contributed by atoms with Gasteiger partial charge in [-0.25, -0.2) is 0 Å². The van der Waals surface area contributed by atoms with E-state index in [1.807, 2.05) is 24.0 Å². The molecule has 0 aromatic carbocycles. The molecule has 5 heteroatoms. The number of rotatable bonds is 1. The molecule has 1 aromatic rings. The van der Waals surface area contributed by atoms with Gasteiger partial charge in [0.1, 0.15) is 0 Å². The minimum atomic E-state index is 0. The topological polar surface area (TPSA) is 45.2 Å². The van der Waals surface area contributed by atoms with Gasteiger partial charge in [0.05, 0.1) is 5.56 Å². The Hall–Kier alpha value is -1.13. The molecule has 1 fully saturated rings. The number of amides is 1. The van der Waals surface area contributed by atoms with Crippen molar-refractivity contribution in [1.82, 2.24) is 15.2 Å². The molecule has 0 saturated carbocycles. The summed E-state index contributed by atoms with van der Waals surface area (Å²) in [5.74, 6) is 0.0870. The molecule has 1 N–H and O–H groups in total. The number of hydrogen-bond donors (Lipinski definition) is 1. The fourth-order valence-electron chi connectivity index (χ4n) is 1.64. The summed E-state index contributed by atoms with van der Waals surface area (Å²) in [6, 6.07) is 3.71. The van der Waals surface area contributed by atoms with Crippen molar-refractivity contribution in [3.8, 4) is 0 Å². The Morgan fingerprint density at radius 3 is 2.62 bits per heavy atom. The Labute approximate surface area is 101 Å². The van der Waals surface area contributed by atoms with Gasteiger partial charge in [-0.1, -0.05) is 0 Å². The number of carbonyl (C=O) groups is 1. The highest BCUT2D eigenvalue weighted by atomic mass is 35.5. The second kappa shape index (κ2) is 5.82. The van der Waals surface area contributed by atoms with Crippen molar-refractivity contribution in [3.63, 3.8) is 0 Å². The maximum absolute atomic E-state index is 12.0. The van der Waals surface area contributed by atoms with Crippen LogP contribution >= 0.6 is 12.4 Å². The molecule has 2 rings (SSSR count). The number of nitrogens with one attached hydrogen (secondary N) is 1. The molecule has 0 unspecified atom stereocenters. The van der Waals surface area contributed by atoms with Crippen LogP contribution in [0.3, 0.4) is 0 Å². The number of nitrogens with zero attached hydrogens (tertiary/aromatic N) is 2. The van der Waals surface area contributed by atoms with Crippen molar-refractivity contribution in [2.24, 2.45) is 0 Å². The summed E-state index contributed by atoms with van der Waals surface area (Å²) in [4.78, 5) is 18.0. The maximum Gasteiger partial charge on any atom is 0.255 e. The Morgan fingerprint density at radius 2 is 2.06 bits per heavy atom. The van der Waals surface area contributed by atoms with Gasteiger partial charge in [0.15, 0.2) is 0 Å². The van der Waals surface area contributed by atoms with Crippen LogP contribution in [-0.2, 0) is 0 Å². The molecular formula is C11H16ClN3O. The van der Waals surface area contributed by atoms with E-state index in [4.69, 9.17) is 0 Å². The van der Waals surface area contributed by atoms with E-state index in [0.717, 1.165) is 31.9 Å². The van der Waals surface area contributed by atoms with Gasteiger partial charge in [-0.15, -0.1) is 12.4 Å². The summed E-state index contributed by atoms with van der Waals surface area (Å²) < 4.78 is 0. The van der Waals surface area contributed by atoms with E-state index in [1.54, 1.807) is 6.20 Å². The molecular weight excluding hydrogens is 226 g/mol. The summed E-state index contributed by atoms with van der Waals surface area (Å²) in [6.07, 6.45) is 1.65. The first-order valence-electron chi connectivity index (χ1n) is 5.20. The highest BCUT2D eigenvalue weighted by Gasteiger charge is 2.17. The Kier molecular flexibility index (Phi) is 4.71. The quantitative estimate of drug-likeness (QED) is 0.793. The van der Waals surface area contributed by atoms with Crippen molar-refractivity contribution in [2.75, 3.05) is 26.2 Å². The van der Waals surface area contributed by atoms with Crippen LogP contribution < -0.4 is 5.32 Å². The smallest absolute Gasteiger partial charge is 0.255 e. The second-order valence-corrected chi connectivity index (χ2v) is 3.73. The number of piperazine rings is 1. The van der Waals surface area contributed by atoms with E-state index in [2.05, 4.69) is 10.3 Å². The molecule has 0 aliphatic carbocycles. The van der Waals surface area contributed by atoms with Crippen LogP contribution in [-0.4, -0.2) is 42.0 Å². The first-order chi connectivity index (χ1) is 7.27. The average Bonchev–Trinajstić information content (AvgIpc) is 2.30. The Balaban J connectivity index is 0.00000128. The SMILES string of the molecule is Cc1ccc(C(=O)N2CCNCC2)cn1.Cl. The average molecular weight is 242 g/mol. The van der Waals surface area contributed by atoms with Gasteiger partial charge in [0.2, 0.25) is 0 Å². The Bertz CT molecular complexity index is 347. The van der Waals surface area contributed by atoms with E-state index < -0.39 is 0 Å². The van der Waals surface area contributed by atoms with Gasteiger partial charge in [-0.2, -0.15) is 0 Å². The van der Waals surface area contributed by atoms with Crippen LogP contribution in [0.5, 0.6) is 0 Å². The lowest BCUT2D eigenvalue weighted by Gasteiger charge is -2.27. The minimum absolute atomic E-state index is 0. The lowest BCUT2D eigenvalue weighted by Crippen LogP contribution is -2.46. The standard InChI is InChI=1S/C11H15N3O.ClH/c1-9-2-3-10(8-13-9)11(15)14-6-4-12-5-7-14;/h2-3,8,12H,4-7H2,1H3;1H. The van der Waals surface area contributed by atoms with E-state index in [0.29, 0.717) is 5.56 Å². The first kappa shape index (κ1) is 12.9. The third-order valence-electron chi connectivity index (χ3n) is 2.56. The monoisotopic (exact) mass is 241 g/mol. The van der Waals surface area contributed by atoms with Gasteiger partial charge >= 0.3 is 0 Å². The van der Waals surface area contributed by atoms with Crippen LogP contribution in [0.2, 0.25) is 0 Å². The molecule has 2 heterocycles. The molecule has 1 aromatic heterocycles. The number of carbonyl (C=O) groups excluding carboxylic acids is 1. The molecule has 1 amide bonds. The number of aryl methyl sites for hydroxylation is 1. The summed E-state index contributed by atoms with van der Waals surface area (Å²) in [7, 11) is 0. The molecule has 0 radical (unpaired) electrons. The lowest BCUT2D eigenvalue weighted by atomic mass is 10.2. The van der Waals surface area contributed by atoms with Gasteiger partial charge in [0, 0.05) is 38.1 Å². The van der Waals surface area contributed by atoms with Gasteiger partial charge in [-0.05, 0) is 19.1 Å². The molecule has 1 saturated heterocycles. The normalized spacial score (nSPS) is 15.4. The van der Waals surface area contributed by atoms with E-state index >= 15 is 0 Å². The van der Waals surface area contributed by atoms with Crippen molar-refractivity contribution >= 4 is 18.3 Å². The largest absolute Gasteiger partial charge is 0.336 e. The predicted molar refractivity (Wildman–Crippen MR) is 65.0 cm³/mol. The third kappa shape index (κ3) is 2.93. The highest BCUT2D eigenvalue weighted by molar-refractivity contribution is 5.94. The van der Waals surface area contributed by atoms with Crippen molar-refractivity contribution in [3.05, 3.63) is 29.6 Å². The molecule has 88 valence electrons. The van der Waals surface area contributed by atoms with Crippen LogP contribution in [0, 0.1) is 6.92 Å². The van der Waals surface area contributed by atoms with Crippen molar-refractivity contribution < 1.29 is 4.79 Å². The lowest BCUT2D eigenvalue weighted by molar-refractivity contribution is 0.0735. The van der Waals surface area contributed by atoms with Crippen LogP contribution in [0.15, 0.2) is 18.3 Å². The number of pyridine rings is 1. The highest BCUT2D eigenvalue weighted by Crippen LogP contribution is 2.05. The second-order valence-electron chi connectivity index (χ2n) is 3.73. The van der Waals surface area contributed by atoms with E-state index in [-0.39, 0.29) is 18.3 Å². The van der Waals surface area contributed by atoms with E-state index in [1.165, 1.54) is 0 Å². The van der Waals surface area contributed by atoms with E-state index in [9.17, 15) is 4.79 Å². The zero-order valence-corrected chi connectivity index (χ0v) is 10.1. The van der Waals surface area contributed by atoms with Gasteiger partial charge in [-0.3, -0.25) is 9.78 Å². The van der Waals surface area contributed by atoms with Crippen LogP contribution in [0.25, 0.3) is 0 Å². The van der Waals surface area contributed by atoms with Crippen LogP contribution in [0.4, 0.5) is 0 Å². The molecule has 0 bridgehead atoms. The molecule has 1 aliphatic rings. The predicted octanol–water partition coefficient (Wildman–Crippen LogP) is 0.857. The summed E-state index contributed by atoms with van der Waals surface area (Å²) in [5, 5.41) is 3.22. The summed E-state index contributed by atoms with van der Waals surface area (Å²) in [5.41, 5.74) is 1.62. The summed E-state index contributed by atoms with van der Waals surface area (Å²) in [6.45, 7) is 5.24. The van der Waals surface area contributed by atoms with Crippen molar-refractivity contribution in [1.29, 1.82) is 0 Å². The molecule has 0 spiro atoms. The zero-order valence-electron chi connectivity index (χ0n) is 9.27. The van der Waals surface area contributed by atoms with Crippen molar-refractivity contribution in [2.45, 2.75) is 6.92 Å². The fraction of sp³-hybridized carbons (Fsp3) is 0.455. The number of aromatic nitrogens is 1. The Morgan fingerprint density at radius 1 is 1.38 bits per heavy atom. The molecule has 0 atom stereocenters. The molecule has 1 aliphatic heterocycles. The van der Waals surface area contributed by atoms with Gasteiger partial charge < -0.3 is 10.2 Å². The van der Waals surface area contributed by atoms with Gasteiger partial charge in [0.25, 0.3) is 5.91 Å². The minimum Gasteiger partial charge on any atom is -0.336 e. The third-order valence-corrected chi connectivity index (χ3v) is 2.56. The summed E-state index contributed by atoms with van der Waals surface area (Å²) >= 11 is 0. The molecule has 16 heavy (non-hydrogen) atoms. The maximum atomic E-state index is 12.0. The fourth-order valence-corrected chi connectivity index (χ4v) is 1.64. The zero-order chi connectivity index (χ0) is 10.7. The van der Waals surface area contributed by atoms with Crippen LogP contribution in [0.1, 0.15) is 16.1 Å². The number of halogens is 1. The first-order valence-corrected chi connectivity index (χ1v) is 5.20. The molecule has 4 nitrogen and oxygen atoms in total.